The number of piperazine rings is 1. The quantitative estimate of drug-likeness (QED) is 0.603. The van der Waals surface area contributed by atoms with E-state index in [0.29, 0.717) is 55.3 Å². The van der Waals surface area contributed by atoms with Gasteiger partial charge in [0.25, 0.3) is 0 Å². The molecule has 1 saturated heterocycles. The second-order valence-corrected chi connectivity index (χ2v) is 8.37. The van der Waals surface area contributed by atoms with Gasteiger partial charge in [-0.3, -0.25) is 9.89 Å². The highest BCUT2D eigenvalue weighted by Crippen LogP contribution is 2.30. The van der Waals surface area contributed by atoms with Crippen LogP contribution in [0.3, 0.4) is 0 Å². The Bertz CT molecular complexity index is 1180. The van der Waals surface area contributed by atoms with Gasteiger partial charge in [0, 0.05) is 32.7 Å². The standard InChI is InChI=1S/C25H28F3N7O/c1-2-4-19-16-22(29-17-19)31-23-30-21(8-7-18-5-3-6-20(15-18)25(26,27)28)32-24(33-23)35-11-9-34(10-12-35)13-14-36/h2-8,15-16,36H,9-14,17H2,1H3,(H,29,30,31,32,33)/b4-2+,8-7+. The summed E-state index contributed by atoms with van der Waals surface area (Å²) in [6.07, 6.45) is 4.54. The van der Waals surface area contributed by atoms with E-state index in [9.17, 15) is 18.3 Å². The molecule has 0 unspecified atom stereocenters. The lowest BCUT2D eigenvalue weighted by Crippen LogP contribution is -2.47. The molecular weight excluding hydrogens is 471 g/mol. The van der Waals surface area contributed by atoms with Gasteiger partial charge >= 0.3 is 6.18 Å². The van der Waals surface area contributed by atoms with Gasteiger partial charge < -0.3 is 15.3 Å². The topological polar surface area (TPSA) is 89.8 Å². The largest absolute Gasteiger partial charge is 0.416 e. The van der Waals surface area contributed by atoms with Crippen molar-refractivity contribution in [1.29, 1.82) is 0 Å². The molecule has 0 bridgehead atoms. The predicted octanol–water partition coefficient (Wildman–Crippen LogP) is 3.50. The van der Waals surface area contributed by atoms with Gasteiger partial charge in [0.1, 0.15) is 5.84 Å². The molecule has 0 amide bonds. The predicted molar refractivity (Wildman–Crippen MR) is 135 cm³/mol. The summed E-state index contributed by atoms with van der Waals surface area (Å²) in [6, 6.07) is 5.08. The third-order valence-electron chi connectivity index (χ3n) is 5.73. The molecule has 0 radical (unpaired) electrons. The van der Waals surface area contributed by atoms with Crippen molar-refractivity contribution in [3.8, 4) is 0 Å². The van der Waals surface area contributed by atoms with E-state index in [1.54, 1.807) is 18.2 Å². The Morgan fingerprint density at radius 2 is 1.86 bits per heavy atom. The first kappa shape index (κ1) is 25.5. The number of allylic oxidation sites excluding steroid dienone is 1. The number of hydrogen-bond acceptors (Lipinski definition) is 8. The molecule has 8 nitrogen and oxygen atoms in total. The molecule has 4 rings (SSSR count). The number of alkyl halides is 3. The summed E-state index contributed by atoms with van der Waals surface area (Å²) in [6.45, 7) is 6.07. The lowest BCUT2D eigenvalue weighted by molar-refractivity contribution is -0.137. The molecule has 0 atom stereocenters. The van der Waals surface area contributed by atoms with Crippen molar-refractivity contribution in [3.05, 3.63) is 65.0 Å². The molecule has 11 heteroatoms. The number of anilines is 2. The summed E-state index contributed by atoms with van der Waals surface area (Å²) in [4.78, 5) is 22.2. The monoisotopic (exact) mass is 499 g/mol. The fourth-order valence-corrected chi connectivity index (χ4v) is 3.90. The average molecular weight is 500 g/mol. The van der Waals surface area contributed by atoms with Gasteiger partial charge in [-0.25, -0.2) is 0 Å². The van der Waals surface area contributed by atoms with Crippen molar-refractivity contribution in [2.75, 3.05) is 56.1 Å². The number of halogens is 3. The molecule has 2 N–H and O–H groups in total. The average Bonchev–Trinajstić information content (AvgIpc) is 3.30. The van der Waals surface area contributed by atoms with E-state index < -0.39 is 11.7 Å². The fourth-order valence-electron chi connectivity index (χ4n) is 3.90. The first-order valence-corrected chi connectivity index (χ1v) is 11.7. The van der Waals surface area contributed by atoms with E-state index >= 15 is 0 Å². The van der Waals surface area contributed by atoms with Crippen molar-refractivity contribution < 1.29 is 18.3 Å². The maximum Gasteiger partial charge on any atom is 0.416 e. The van der Waals surface area contributed by atoms with Crippen molar-refractivity contribution in [3.63, 3.8) is 0 Å². The van der Waals surface area contributed by atoms with E-state index in [0.717, 1.165) is 30.8 Å². The van der Waals surface area contributed by atoms with Crippen LogP contribution in [0, 0.1) is 0 Å². The molecule has 190 valence electrons. The third kappa shape index (κ3) is 6.76. The number of benzene rings is 1. The van der Waals surface area contributed by atoms with Crippen molar-refractivity contribution in [1.82, 2.24) is 19.9 Å². The number of amidine groups is 1. The molecule has 1 aromatic heterocycles. The minimum Gasteiger partial charge on any atom is -0.395 e. The second kappa shape index (κ2) is 11.4. The minimum absolute atomic E-state index is 0.106. The smallest absolute Gasteiger partial charge is 0.395 e. The van der Waals surface area contributed by atoms with Gasteiger partial charge in [0.05, 0.1) is 18.7 Å². The Labute approximate surface area is 207 Å². The van der Waals surface area contributed by atoms with E-state index in [1.165, 1.54) is 6.07 Å². The van der Waals surface area contributed by atoms with Crippen LogP contribution >= 0.6 is 0 Å². The number of aliphatic imine (C=N–C) groups is 1. The Balaban J connectivity index is 1.59. The molecule has 3 heterocycles. The van der Waals surface area contributed by atoms with Crippen molar-refractivity contribution in [2.24, 2.45) is 4.99 Å². The Hall–Kier alpha value is -3.57. The lowest BCUT2D eigenvalue weighted by atomic mass is 10.1. The number of aliphatic hydroxyl groups excluding tert-OH is 1. The second-order valence-electron chi connectivity index (χ2n) is 8.37. The number of rotatable bonds is 7. The molecule has 2 aliphatic heterocycles. The molecule has 0 saturated carbocycles. The molecule has 0 spiro atoms. The van der Waals surface area contributed by atoms with Crippen LogP contribution in [0.25, 0.3) is 12.2 Å². The number of aliphatic hydroxyl groups is 1. The Morgan fingerprint density at radius 3 is 2.58 bits per heavy atom. The number of nitrogens with one attached hydrogen (secondary N) is 1. The summed E-state index contributed by atoms with van der Waals surface area (Å²) in [5.74, 6) is 1.71. The van der Waals surface area contributed by atoms with Crippen LogP contribution in [0.4, 0.5) is 25.1 Å². The van der Waals surface area contributed by atoms with Crippen molar-refractivity contribution >= 4 is 29.9 Å². The zero-order valence-corrected chi connectivity index (χ0v) is 19.9. The number of hydrogen-bond donors (Lipinski definition) is 2. The molecule has 0 aliphatic carbocycles. The Morgan fingerprint density at radius 1 is 1.06 bits per heavy atom. The van der Waals surface area contributed by atoms with Crippen LogP contribution in [0.5, 0.6) is 0 Å². The van der Waals surface area contributed by atoms with E-state index in [1.807, 2.05) is 30.1 Å². The minimum atomic E-state index is -4.42. The molecule has 1 aromatic carbocycles. The van der Waals surface area contributed by atoms with Gasteiger partial charge in [-0.2, -0.15) is 28.1 Å². The van der Waals surface area contributed by atoms with Gasteiger partial charge in [0.15, 0.2) is 5.82 Å². The SMILES string of the molecule is C/C=C/C1=CC(Nc2nc(/C=C/c3cccc(C(F)(F)F)c3)nc(N3CCN(CCO)CC3)n2)=NC1. The molecule has 2 aromatic rings. The first-order valence-electron chi connectivity index (χ1n) is 11.7. The maximum absolute atomic E-state index is 13.1. The number of aromatic nitrogens is 3. The summed E-state index contributed by atoms with van der Waals surface area (Å²) in [7, 11) is 0. The summed E-state index contributed by atoms with van der Waals surface area (Å²) in [5, 5.41) is 12.3. The van der Waals surface area contributed by atoms with E-state index in [2.05, 4.69) is 30.2 Å². The normalized spacial score (nSPS) is 17.2. The highest BCUT2D eigenvalue weighted by Gasteiger charge is 2.30. The van der Waals surface area contributed by atoms with Gasteiger partial charge in [-0.1, -0.05) is 30.4 Å². The summed E-state index contributed by atoms with van der Waals surface area (Å²) in [5.41, 5.74) is 0.726. The first-order chi connectivity index (χ1) is 17.3. The third-order valence-corrected chi connectivity index (χ3v) is 5.73. The molecule has 36 heavy (non-hydrogen) atoms. The lowest BCUT2D eigenvalue weighted by Gasteiger charge is -2.34. The highest BCUT2D eigenvalue weighted by atomic mass is 19.4. The summed E-state index contributed by atoms with van der Waals surface area (Å²) >= 11 is 0. The molecule has 1 fully saturated rings. The number of nitrogens with zero attached hydrogens (tertiary/aromatic N) is 6. The fraction of sp³-hybridized carbons (Fsp3) is 0.360. The maximum atomic E-state index is 13.1. The van der Waals surface area contributed by atoms with Gasteiger partial charge in [-0.15, -0.1) is 0 Å². The zero-order valence-electron chi connectivity index (χ0n) is 19.9. The zero-order chi connectivity index (χ0) is 25.5. The Kier molecular flexibility index (Phi) is 8.11. The molecular formula is C25H28F3N7O. The van der Waals surface area contributed by atoms with Gasteiger partial charge in [0.2, 0.25) is 11.9 Å². The van der Waals surface area contributed by atoms with Crippen LogP contribution < -0.4 is 10.2 Å². The molecule has 2 aliphatic rings. The van der Waals surface area contributed by atoms with Crippen LogP contribution in [0.1, 0.15) is 23.9 Å². The van der Waals surface area contributed by atoms with Crippen LogP contribution in [0.15, 0.2) is 53.1 Å². The summed E-state index contributed by atoms with van der Waals surface area (Å²) < 4.78 is 39.2. The van der Waals surface area contributed by atoms with Crippen LogP contribution in [-0.4, -0.2) is 76.7 Å². The highest BCUT2D eigenvalue weighted by molar-refractivity contribution is 6.05. The van der Waals surface area contributed by atoms with Crippen LogP contribution in [0.2, 0.25) is 0 Å². The van der Waals surface area contributed by atoms with Crippen LogP contribution in [-0.2, 0) is 6.18 Å². The van der Waals surface area contributed by atoms with E-state index in [-0.39, 0.29) is 6.61 Å². The number of β-amino-alcohol motifs (C(OH)–C–C–N with tert-alkyl or cyclic N) is 1. The van der Waals surface area contributed by atoms with Crippen molar-refractivity contribution in [2.45, 2.75) is 13.1 Å². The van der Waals surface area contributed by atoms with E-state index in [4.69, 9.17) is 0 Å². The van der Waals surface area contributed by atoms with Gasteiger partial charge in [-0.05, 0) is 42.3 Å².